The van der Waals surface area contributed by atoms with Crippen molar-refractivity contribution in [3.05, 3.63) is 59.7 Å². The van der Waals surface area contributed by atoms with Gasteiger partial charge < -0.3 is 19.7 Å². The van der Waals surface area contributed by atoms with Gasteiger partial charge in [0.15, 0.2) is 0 Å². The highest BCUT2D eigenvalue weighted by atomic mass is 16.7. The molecule has 0 saturated carbocycles. The summed E-state index contributed by atoms with van der Waals surface area (Å²) in [6.45, 7) is 0. The summed E-state index contributed by atoms with van der Waals surface area (Å²) >= 11 is 0. The first-order chi connectivity index (χ1) is 10.5. The number of carbonyl (C=O) groups is 2. The Labute approximate surface area is 125 Å². The first-order valence-electron chi connectivity index (χ1n) is 6.06. The van der Waals surface area contributed by atoms with E-state index in [1.54, 1.807) is 24.3 Å². The lowest BCUT2D eigenvalue weighted by Gasteiger charge is -1.99. The summed E-state index contributed by atoms with van der Waals surface area (Å²) in [5.41, 5.74) is 1.37. The van der Waals surface area contributed by atoms with Crippen LogP contribution in [0.5, 0.6) is 11.5 Å². The van der Waals surface area contributed by atoms with Gasteiger partial charge in [0.05, 0.1) is 0 Å². The van der Waals surface area contributed by atoms with E-state index in [9.17, 15) is 9.59 Å². The highest BCUT2D eigenvalue weighted by Gasteiger charge is 2.00. The van der Waals surface area contributed by atoms with Crippen LogP contribution in [0.4, 0.5) is 9.59 Å². The lowest BCUT2D eigenvalue weighted by molar-refractivity contribution is 0.143. The molecule has 0 unspecified atom stereocenters. The number of hydrogen-bond acceptors (Lipinski definition) is 4. The maximum atomic E-state index is 10.4. The Hall–Kier alpha value is -3.46. The van der Waals surface area contributed by atoms with Gasteiger partial charge in [-0.2, -0.15) is 0 Å². The standard InChI is InChI=1S/C16H10O6/c17-15(18)21-13-7-3-11(4-8-13)1-2-12-5-9-14(10-6-12)22-16(19)20/h3-10H,(H,17,18)(H,19,20). The minimum atomic E-state index is -1.37. The molecule has 2 aromatic carbocycles. The van der Waals surface area contributed by atoms with E-state index in [2.05, 4.69) is 21.3 Å². The van der Waals surface area contributed by atoms with E-state index >= 15 is 0 Å². The SMILES string of the molecule is O=C(O)Oc1ccc(C#Cc2ccc(OC(=O)O)cc2)cc1. The fourth-order valence-electron chi connectivity index (χ4n) is 1.56. The predicted molar refractivity (Wildman–Crippen MR) is 76.2 cm³/mol. The molecule has 0 aliphatic carbocycles. The Balaban J connectivity index is 2.06. The summed E-state index contributed by atoms with van der Waals surface area (Å²) < 4.78 is 8.97. The zero-order valence-electron chi connectivity index (χ0n) is 11.1. The third-order valence-electron chi connectivity index (χ3n) is 2.47. The Morgan fingerprint density at radius 2 is 1.00 bits per heavy atom. The topological polar surface area (TPSA) is 93.1 Å². The number of carboxylic acid groups (broad SMARTS) is 2. The molecule has 110 valence electrons. The van der Waals surface area contributed by atoms with Gasteiger partial charge in [0.1, 0.15) is 11.5 Å². The fourth-order valence-corrected chi connectivity index (χ4v) is 1.56. The third kappa shape index (κ3) is 4.58. The van der Waals surface area contributed by atoms with Crippen LogP contribution < -0.4 is 9.47 Å². The van der Waals surface area contributed by atoms with Crippen molar-refractivity contribution >= 4 is 12.3 Å². The zero-order chi connectivity index (χ0) is 15.9. The quantitative estimate of drug-likeness (QED) is 0.502. The maximum absolute atomic E-state index is 10.4. The van der Waals surface area contributed by atoms with Crippen LogP contribution in [0, 0.1) is 11.8 Å². The molecule has 0 fully saturated rings. The molecule has 2 rings (SSSR count). The normalized spacial score (nSPS) is 9.27. The molecular formula is C16H10O6. The van der Waals surface area contributed by atoms with Crippen LogP contribution in [0.3, 0.4) is 0 Å². The van der Waals surface area contributed by atoms with Gasteiger partial charge in [0.25, 0.3) is 0 Å². The van der Waals surface area contributed by atoms with Gasteiger partial charge >= 0.3 is 12.3 Å². The van der Waals surface area contributed by atoms with Gasteiger partial charge in [-0.25, -0.2) is 9.59 Å². The summed E-state index contributed by atoms with van der Waals surface area (Å²) in [6, 6.07) is 12.5. The average molecular weight is 298 g/mol. The Morgan fingerprint density at radius 3 is 1.27 bits per heavy atom. The van der Waals surface area contributed by atoms with Gasteiger partial charge in [-0.15, -0.1) is 0 Å². The molecule has 0 saturated heterocycles. The lowest BCUT2D eigenvalue weighted by atomic mass is 10.2. The molecule has 2 N–H and O–H groups in total. The van der Waals surface area contributed by atoms with Crippen LogP contribution in [-0.2, 0) is 0 Å². The molecular weight excluding hydrogens is 288 g/mol. The number of hydrogen-bond donors (Lipinski definition) is 2. The summed E-state index contributed by atoms with van der Waals surface area (Å²) in [7, 11) is 0. The Bertz CT molecular complexity index is 671. The van der Waals surface area contributed by atoms with E-state index in [0.717, 1.165) is 0 Å². The lowest BCUT2D eigenvalue weighted by Crippen LogP contribution is -2.02. The van der Waals surface area contributed by atoms with E-state index in [0.29, 0.717) is 11.1 Å². The molecule has 6 heteroatoms. The van der Waals surface area contributed by atoms with Crippen LogP contribution in [0.1, 0.15) is 11.1 Å². The van der Waals surface area contributed by atoms with E-state index in [1.165, 1.54) is 24.3 Å². The van der Waals surface area contributed by atoms with Crippen LogP contribution in [0.2, 0.25) is 0 Å². The molecule has 6 nitrogen and oxygen atoms in total. The number of ether oxygens (including phenoxy) is 2. The van der Waals surface area contributed by atoms with Crippen molar-refractivity contribution < 1.29 is 29.3 Å². The highest BCUT2D eigenvalue weighted by Crippen LogP contribution is 2.13. The largest absolute Gasteiger partial charge is 0.511 e. The fraction of sp³-hybridized carbons (Fsp3) is 0. The molecule has 0 amide bonds. The molecule has 0 heterocycles. The van der Waals surface area contributed by atoms with E-state index < -0.39 is 12.3 Å². The van der Waals surface area contributed by atoms with Crippen molar-refractivity contribution in [3.8, 4) is 23.3 Å². The van der Waals surface area contributed by atoms with Gasteiger partial charge in [-0.05, 0) is 48.5 Å². The smallest absolute Gasteiger partial charge is 0.449 e. The van der Waals surface area contributed by atoms with Gasteiger partial charge in [-0.1, -0.05) is 11.8 Å². The first-order valence-corrected chi connectivity index (χ1v) is 6.06. The minimum Gasteiger partial charge on any atom is -0.449 e. The van der Waals surface area contributed by atoms with Crippen molar-refractivity contribution in [3.63, 3.8) is 0 Å². The molecule has 0 atom stereocenters. The monoisotopic (exact) mass is 298 g/mol. The van der Waals surface area contributed by atoms with E-state index in [4.69, 9.17) is 10.2 Å². The van der Waals surface area contributed by atoms with Crippen LogP contribution >= 0.6 is 0 Å². The highest BCUT2D eigenvalue weighted by molar-refractivity contribution is 5.62. The van der Waals surface area contributed by atoms with Crippen LogP contribution in [0.15, 0.2) is 48.5 Å². The van der Waals surface area contributed by atoms with Crippen molar-refractivity contribution in [2.45, 2.75) is 0 Å². The molecule has 0 aliphatic rings. The predicted octanol–water partition coefficient (Wildman–Crippen LogP) is 3.20. The Morgan fingerprint density at radius 1 is 0.682 bits per heavy atom. The summed E-state index contributed by atoms with van der Waals surface area (Å²) in [4.78, 5) is 20.7. The molecule has 0 radical (unpaired) electrons. The van der Waals surface area contributed by atoms with Gasteiger partial charge in [0, 0.05) is 11.1 Å². The number of rotatable bonds is 2. The third-order valence-corrected chi connectivity index (χ3v) is 2.47. The zero-order valence-corrected chi connectivity index (χ0v) is 11.1. The van der Waals surface area contributed by atoms with Crippen molar-refractivity contribution in [1.82, 2.24) is 0 Å². The first kappa shape index (κ1) is 14.9. The van der Waals surface area contributed by atoms with E-state index in [1.807, 2.05) is 0 Å². The second-order valence-corrected chi connectivity index (χ2v) is 4.03. The van der Waals surface area contributed by atoms with Gasteiger partial charge in [0.2, 0.25) is 0 Å². The van der Waals surface area contributed by atoms with Crippen LogP contribution in [-0.4, -0.2) is 22.5 Å². The Kier molecular flexibility index (Phi) is 4.63. The molecule has 0 aromatic heterocycles. The second-order valence-electron chi connectivity index (χ2n) is 4.03. The molecule has 0 spiro atoms. The molecule has 2 aromatic rings. The maximum Gasteiger partial charge on any atom is 0.511 e. The average Bonchev–Trinajstić information content (AvgIpc) is 2.47. The van der Waals surface area contributed by atoms with Crippen LogP contribution in [0.25, 0.3) is 0 Å². The van der Waals surface area contributed by atoms with E-state index in [-0.39, 0.29) is 11.5 Å². The van der Waals surface area contributed by atoms with Gasteiger partial charge in [-0.3, -0.25) is 0 Å². The molecule has 22 heavy (non-hydrogen) atoms. The molecule has 0 aliphatic heterocycles. The molecule has 0 bridgehead atoms. The summed E-state index contributed by atoms with van der Waals surface area (Å²) in [6.07, 6.45) is -2.75. The number of benzene rings is 2. The van der Waals surface area contributed by atoms with Crippen molar-refractivity contribution in [2.24, 2.45) is 0 Å². The second kappa shape index (κ2) is 6.81. The minimum absolute atomic E-state index is 0.216. The van der Waals surface area contributed by atoms with Crippen molar-refractivity contribution in [2.75, 3.05) is 0 Å². The van der Waals surface area contributed by atoms with Crippen molar-refractivity contribution in [1.29, 1.82) is 0 Å². The summed E-state index contributed by atoms with van der Waals surface area (Å²) in [5.74, 6) is 6.22. The summed E-state index contributed by atoms with van der Waals surface area (Å²) in [5, 5.41) is 16.9.